The summed E-state index contributed by atoms with van der Waals surface area (Å²) in [5, 5.41) is 5.97. The Hall–Kier alpha value is -3.26. The van der Waals surface area contributed by atoms with Crippen molar-refractivity contribution in [3.8, 4) is 0 Å². The summed E-state index contributed by atoms with van der Waals surface area (Å²) in [6, 6.07) is 12.6. The highest BCUT2D eigenvalue weighted by atomic mass is 79.9. The fourth-order valence-corrected chi connectivity index (χ4v) is 3.39. The smallest absolute Gasteiger partial charge is 0.323 e. The maximum absolute atomic E-state index is 13.9. The second-order valence-corrected chi connectivity index (χ2v) is 7.22. The van der Waals surface area contributed by atoms with Gasteiger partial charge in [-0.2, -0.15) is 0 Å². The van der Waals surface area contributed by atoms with E-state index in [2.05, 4.69) is 36.1 Å². The number of benzene rings is 2. The van der Waals surface area contributed by atoms with Crippen LogP contribution in [-0.4, -0.2) is 15.6 Å². The second-order valence-electron chi connectivity index (χ2n) is 6.36. The lowest BCUT2D eigenvalue weighted by Crippen LogP contribution is -2.20. The Kier molecular flexibility index (Phi) is 5.26. The van der Waals surface area contributed by atoms with E-state index >= 15 is 0 Å². The van der Waals surface area contributed by atoms with E-state index in [9.17, 15) is 13.6 Å². The molecule has 0 radical (unpaired) electrons. The number of carbonyl (C=O) groups is 1. The largest absolute Gasteiger partial charge is 0.343 e. The van der Waals surface area contributed by atoms with E-state index < -0.39 is 17.7 Å². The van der Waals surface area contributed by atoms with Crippen LogP contribution in [0.15, 0.2) is 71.6 Å². The molecule has 4 rings (SSSR count). The Morgan fingerprint density at radius 1 is 1.00 bits per heavy atom. The van der Waals surface area contributed by atoms with E-state index in [1.807, 2.05) is 36.5 Å². The molecule has 146 valence electrons. The van der Waals surface area contributed by atoms with Crippen molar-refractivity contribution in [2.45, 2.75) is 6.54 Å². The van der Waals surface area contributed by atoms with Crippen LogP contribution < -0.4 is 10.6 Å². The zero-order valence-electron chi connectivity index (χ0n) is 15.0. The minimum atomic E-state index is -0.859. The van der Waals surface area contributed by atoms with Crippen LogP contribution in [-0.2, 0) is 6.54 Å². The topological polar surface area (TPSA) is 59.0 Å². The Bertz CT molecular complexity index is 1190. The van der Waals surface area contributed by atoms with Crippen molar-refractivity contribution in [3.63, 3.8) is 0 Å². The highest BCUT2D eigenvalue weighted by molar-refractivity contribution is 9.10. The molecule has 5 nitrogen and oxygen atoms in total. The third-order valence-electron chi connectivity index (χ3n) is 4.42. The zero-order chi connectivity index (χ0) is 20.4. The Morgan fingerprint density at radius 3 is 2.55 bits per heavy atom. The molecule has 0 fully saturated rings. The van der Waals surface area contributed by atoms with Crippen molar-refractivity contribution >= 4 is 44.2 Å². The maximum atomic E-state index is 13.9. The summed E-state index contributed by atoms with van der Waals surface area (Å²) in [4.78, 5) is 16.4. The van der Waals surface area contributed by atoms with Gasteiger partial charge in [-0.05, 0) is 57.9 Å². The average Bonchev–Trinajstić information content (AvgIpc) is 3.11. The summed E-state index contributed by atoms with van der Waals surface area (Å²) in [5.74, 6) is -1.60. The number of fused-ring (bicyclic) bond motifs is 1. The number of aromatic nitrogens is 2. The maximum Gasteiger partial charge on any atom is 0.323 e. The van der Waals surface area contributed by atoms with Gasteiger partial charge in [0.1, 0.15) is 11.6 Å². The third-order valence-corrected chi connectivity index (χ3v) is 5.03. The van der Waals surface area contributed by atoms with E-state index in [-0.39, 0.29) is 10.2 Å². The van der Waals surface area contributed by atoms with Crippen LogP contribution in [0.1, 0.15) is 5.56 Å². The summed E-state index contributed by atoms with van der Waals surface area (Å²) < 4.78 is 29.4. The zero-order valence-corrected chi connectivity index (χ0v) is 16.6. The number of pyridine rings is 1. The number of carbonyl (C=O) groups excluding carboxylic acids is 1. The molecule has 0 saturated heterocycles. The standard InChI is InChI=1S/C21H15BrF2N4O/c22-15-10-19(17(24)11-16(15)23)27-21(29)26-18-2-1-3-20-14(18)6-9-28(20)12-13-4-7-25-8-5-13/h1-11H,12H2,(H2,26,27,29). The van der Waals surface area contributed by atoms with Gasteiger partial charge in [-0.15, -0.1) is 0 Å². The van der Waals surface area contributed by atoms with Gasteiger partial charge in [-0.25, -0.2) is 13.6 Å². The van der Waals surface area contributed by atoms with E-state index in [0.717, 1.165) is 16.5 Å². The van der Waals surface area contributed by atoms with E-state index in [0.29, 0.717) is 18.3 Å². The van der Waals surface area contributed by atoms with Crippen molar-refractivity contribution in [2.24, 2.45) is 0 Å². The van der Waals surface area contributed by atoms with Gasteiger partial charge in [0.05, 0.1) is 21.4 Å². The first-order valence-electron chi connectivity index (χ1n) is 8.70. The molecule has 0 aliphatic rings. The third kappa shape index (κ3) is 4.12. The lowest BCUT2D eigenvalue weighted by atomic mass is 10.2. The molecule has 0 bridgehead atoms. The molecule has 2 aromatic carbocycles. The number of urea groups is 1. The molecule has 2 heterocycles. The molecule has 8 heteroatoms. The molecular formula is C21H15BrF2N4O. The predicted octanol–water partition coefficient (Wildman–Crippen LogP) is 5.77. The normalized spacial score (nSPS) is 10.9. The van der Waals surface area contributed by atoms with Crippen LogP contribution in [0.2, 0.25) is 0 Å². The highest BCUT2D eigenvalue weighted by Gasteiger charge is 2.13. The van der Waals surface area contributed by atoms with E-state index in [1.165, 1.54) is 6.07 Å². The molecule has 2 aromatic heterocycles. The quantitative estimate of drug-likeness (QED) is 0.383. The number of halogens is 3. The van der Waals surface area contributed by atoms with Crippen LogP contribution in [0, 0.1) is 11.6 Å². The van der Waals surface area contributed by atoms with Crippen LogP contribution in [0.25, 0.3) is 10.9 Å². The van der Waals surface area contributed by atoms with Crippen LogP contribution in [0.4, 0.5) is 25.0 Å². The minimum Gasteiger partial charge on any atom is -0.343 e. The van der Waals surface area contributed by atoms with Gasteiger partial charge < -0.3 is 15.2 Å². The van der Waals surface area contributed by atoms with Gasteiger partial charge in [0.25, 0.3) is 0 Å². The average molecular weight is 457 g/mol. The number of hydrogen-bond donors (Lipinski definition) is 2. The predicted molar refractivity (Wildman–Crippen MR) is 112 cm³/mol. The van der Waals surface area contributed by atoms with Crippen LogP contribution >= 0.6 is 15.9 Å². The molecule has 29 heavy (non-hydrogen) atoms. The first-order valence-corrected chi connectivity index (χ1v) is 9.50. The number of amides is 2. The summed E-state index contributed by atoms with van der Waals surface area (Å²) in [6.45, 7) is 0.663. The van der Waals surface area contributed by atoms with Crippen molar-refractivity contribution in [2.75, 3.05) is 10.6 Å². The lowest BCUT2D eigenvalue weighted by molar-refractivity contribution is 0.262. The van der Waals surface area contributed by atoms with E-state index in [4.69, 9.17) is 0 Å². The molecule has 0 atom stereocenters. The molecule has 2 amide bonds. The summed E-state index contributed by atoms with van der Waals surface area (Å²) in [7, 11) is 0. The van der Waals surface area contributed by atoms with Crippen molar-refractivity contribution in [1.29, 1.82) is 0 Å². The minimum absolute atomic E-state index is 0.0597. The Balaban J connectivity index is 1.55. The fourth-order valence-electron chi connectivity index (χ4n) is 3.05. The monoisotopic (exact) mass is 456 g/mol. The van der Waals surface area contributed by atoms with Gasteiger partial charge in [-0.3, -0.25) is 4.98 Å². The number of rotatable bonds is 4. The SMILES string of the molecule is O=C(Nc1cc(Br)c(F)cc1F)Nc1cccc2c1ccn2Cc1ccncc1. The lowest BCUT2D eigenvalue weighted by Gasteiger charge is -2.11. The van der Waals surface area contributed by atoms with E-state index in [1.54, 1.807) is 18.5 Å². The number of nitrogens with one attached hydrogen (secondary N) is 2. The highest BCUT2D eigenvalue weighted by Crippen LogP contribution is 2.27. The van der Waals surface area contributed by atoms with Crippen molar-refractivity contribution < 1.29 is 13.6 Å². The van der Waals surface area contributed by atoms with Gasteiger partial charge in [0, 0.05) is 36.6 Å². The number of nitrogens with zero attached hydrogens (tertiary/aromatic N) is 2. The van der Waals surface area contributed by atoms with Crippen molar-refractivity contribution in [3.05, 3.63) is 88.8 Å². The molecule has 0 saturated carbocycles. The Labute approximate surface area is 173 Å². The molecule has 0 aliphatic carbocycles. The fraction of sp³-hybridized carbons (Fsp3) is 0.0476. The van der Waals surface area contributed by atoms with Crippen molar-refractivity contribution in [1.82, 2.24) is 9.55 Å². The molecule has 0 aliphatic heterocycles. The second kappa shape index (κ2) is 8.00. The van der Waals surface area contributed by atoms with Gasteiger partial charge in [0.15, 0.2) is 0 Å². The van der Waals surface area contributed by atoms with Gasteiger partial charge >= 0.3 is 6.03 Å². The Morgan fingerprint density at radius 2 is 1.76 bits per heavy atom. The first-order chi connectivity index (χ1) is 14.0. The molecule has 4 aromatic rings. The molecule has 0 spiro atoms. The summed E-state index contributed by atoms with van der Waals surface area (Å²) in [5.41, 5.74) is 2.49. The summed E-state index contributed by atoms with van der Waals surface area (Å²) in [6.07, 6.45) is 5.42. The first kappa shape index (κ1) is 19.1. The molecule has 2 N–H and O–H groups in total. The number of anilines is 2. The molecular weight excluding hydrogens is 442 g/mol. The van der Waals surface area contributed by atoms with Crippen LogP contribution in [0.3, 0.4) is 0 Å². The van der Waals surface area contributed by atoms with Gasteiger partial charge in [-0.1, -0.05) is 6.07 Å². The summed E-state index contributed by atoms with van der Waals surface area (Å²) >= 11 is 2.98. The van der Waals surface area contributed by atoms with Gasteiger partial charge in [0.2, 0.25) is 0 Å². The van der Waals surface area contributed by atoms with Crippen LogP contribution in [0.5, 0.6) is 0 Å². The number of hydrogen-bond acceptors (Lipinski definition) is 2. The molecule has 0 unspecified atom stereocenters.